The van der Waals surface area contributed by atoms with E-state index < -0.39 is 0 Å². The third kappa shape index (κ3) is 1.33. The van der Waals surface area contributed by atoms with Crippen LogP contribution in [0.15, 0.2) is 18.3 Å². The lowest BCUT2D eigenvalue weighted by Gasteiger charge is -2.08. The Morgan fingerprint density at radius 1 is 1.53 bits per heavy atom. The van der Waals surface area contributed by atoms with Crippen molar-refractivity contribution in [3.05, 3.63) is 29.7 Å². The first-order valence-corrected chi connectivity index (χ1v) is 5.37. The molecule has 4 heteroatoms. The van der Waals surface area contributed by atoms with Gasteiger partial charge in [-0.15, -0.1) is 0 Å². The number of imidazole rings is 1. The first-order valence-electron chi connectivity index (χ1n) is 5.37. The Morgan fingerprint density at radius 3 is 3.27 bits per heavy atom. The van der Waals surface area contributed by atoms with Crippen molar-refractivity contribution in [1.82, 2.24) is 19.9 Å². The van der Waals surface area contributed by atoms with Crippen molar-refractivity contribution in [3.8, 4) is 0 Å². The molecule has 1 aliphatic rings. The molecule has 2 aromatic heterocycles. The van der Waals surface area contributed by atoms with E-state index >= 15 is 0 Å². The topological polar surface area (TPSA) is 42.2 Å². The third-order valence-corrected chi connectivity index (χ3v) is 3.06. The summed E-state index contributed by atoms with van der Waals surface area (Å²) >= 11 is 0. The largest absolute Gasteiger partial charge is 0.316 e. The number of nitrogens with one attached hydrogen (secondary N) is 1. The average Bonchev–Trinajstić information content (AvgIpc) is 2.82. The van der Waals surface area contributed by atoms with E-state index in [0.29, 0.717) is 5.92 Å². The molecule has 1 N–H and O–H groups in total. The Morgan fingerprint density at radius 2 is 2.47 bits per heavy atom. The molecule has 0 amide bonds. The van der Waals surface area contributed by atoms with Gasteiger partial charge in [0.05, 0.1) is 11.4 Å². The van der Waals surface area contributed by atoms with Gasteiger partial charge in [-0.2, -0.15) is 5.10 Å². The number of nitrogens with zero attached hydrogens (tertiary/aromatic N) is 3. The molecule has 15 heavy (non-hydrogen) atoms. The summed E-state index contributed by atoms with van der Waals surface area (Å²) in [5, 5.41) is 7.76. The van der Waals surface area contributed by atoms with Crippen LogP contribution in [0.1, 0.15) is 23.7 Å². The molecule has 1 atom stereocenters. The Hall–Kier alpha value is -1.42. The first-order chi connectivity index (χ1) is 7.36. The van der Waals surface area contributed by atoms with Crippen LogP contribution >= 0.6 is 0 Å². The van der Waals surface area contributed by atoms with Gasteiger partial charge in [-0.05, 0) is 32.0 Å². The van der Waals surface area contributed by atoms with Gasteiger partial charge in [0, 0.05) is 18.7 Å². The van der Waals surface area contributed by atoms with Gasteiger partial charge in [0.1, 0.15) is 0 Å². The Bertz CT molecular complexity index is 482. The molecule has 3 rings (SSSR count). The molecule has 1 aliphatic heterocycles. The zero-order valence-corrected chi connectivity index (χ0v) is 8.77. The van der Waals surface area contributed by atoms with Crippen molar-refractivity contribution in [1.29, 1.82) is 0 Å². The molecule has 0 radical (unpaired) electrons. The minimum Gasteiger partial charge on any atom is -0.316 e. The number of aromatic nitrogens is 3. The summed E-state index contributed by atoms with van der Waals surface area (Å²) < 4.78 is 1.98. The second-order valence-electron chi connectivity index (χ2n) is 4.07. The van der Waals surface area contributed by atoms with Crippen molar-refractivity contribution in [2.75, 3.05) is 13.1 Å². The molecule has 0 spiro atoms. The van der Waals surface area contributed by atoms with Gasteiger partial charge in [0.25, 0.3) is 0 Å². The molecule has 1 unspecified atom stereocenters. The van der Waals surface area contributed by atoms with E-state index in [2.05, 4.69) is 22.3 Å². The molecule has 1 fully saturated rings. The van der Waals surface area contributed by atoms with Crippen molar-refractivity contribution in [3.63, 3.8) is 0 Å². The average molecular weight is 202 g/mol. The zero-order valence-electron chi connectivity index (χ0n) is 8.77. The molecule has 0 saturated carbocycles. The minimum atomic E-state index is 0.565. The molecule has 0 bridgehead atoms. The fourth-order valence-corrected chi connectivity index (χ4v) is 2.37. The summed E-state index contributed by atoms with van der Waals surface area (Å²) in [6, 6.07) is 3.93. The highest BCUT2D eigenvalue weighted by molar-refractivity contribution is 5.42. The normalized spacial score (nSPS) is 21.3. The lowest BCUT2D eigenvalue weighted by molar-refractivity contribution is 0.692. The number of aryl methyl sites for hydroxylation is 1. The molecule has 1 saturated heterocycles. The highest BCUT2D eigenvalue weighted by Crippen LogP contribution is 2.25. The zero-order chi connectivity index (χ0) is 10.3. The molecule has 4 nitrogen and oxygen atoms in total. The summed E-state index contributed by atoms with van der Waals surface area (Å²) in [7, 11) is 0. The number of hydrogen-bond acceptors (Lipinski definition) is 3. The van der Waals surface area contributed by atoms with Gasteiger partial charge >= 0.3 is 0 Å². The highest BCUT2D eigenvalue weighted by Gasteiger charge is 2.23. The van der Waals surface area contributed by atoms with Gasteiger partial charge in [-0.3, -0.25) is 0 Å². The monoisotopic (exact) mass is 202 g/mol. The highest BCUT2D eigenvalue weighted by atomic mass is 15.3. The Balaban J connectivity index is 2.19. The van der Waals surface area contributed by atoms with Crippen LogP contribution in [0.4, 0.5) is 0 Å². The van der Waals surface area contributed by atoms with Crippen LogP contribution in [-0.4, -0.2) is 27.7 Å². The van der Waals surface area contributed by atoms with Crippen LogP contribution in [0, 0.1) is 6.92 Å². The molecular formula is C11H14N4. The maximum Gasteiger partial charge on any atom is 0.154 e. The predicted octanol–water partition coefficient (Wildman–Crippen LogP) is 1.11. The smallest absolute Gasteiger partial charge is 0.154 e. The maximum absolute atomic E-state index is 4.53. The molecular weight excluding hydrogens is 188 g/mol. The van der Waals surface area contributed by atoms with Crippen LogP contribution < -0.4 is 5.32 Å². The summed E-state index contributed by atoms with van der Waals surface area (Å²) in [5.74, 6) is 0.565. The number of rotatable bonds is 1. The molecule has 78 valence electrons. The first kappa shape index (κ1) is 8.85. The van der Waals surface area contributed by atoms with Crippen LogP contribution in [-0.2, 0) is 0 Å². The van der Waals surface area contributed by atoms with Crippen LogP contribution in [0.2, 0.25) is 0 Å². The number of hydrogen-bond donors (Lipinski definition) is 1. The van der Waals surface area contributed by atoms with E-state index in [1.807, 2.05) is 22.8 Å². The van der Waals surface area contributed by atoms with Crippen molar-refractivity contribution in [2.24, 2.45) is 0 Å². The Labute approximate surface area is 88.3 Å². The Kier molecular flexibility index (Phi) is 1.95. The van der Waals surface area contributed by atoms with Gasteiger partial charge in [-0.1, -0.05) is 0 Å². The SMILES string of the molecule is Cc1nc2cccnn2c1C1CCNC1. The van der Waals surface area contributed by atoms with E-state index in [0.717, 1.165) is 24.4 Å². The number of fused-ring (bicyclic) bond motifs is 1. The van der Waals surface area contributed by atoms with Gasteiger partial charge in [0.15, 0.2) is 5.65 Å². The summed E-state index contributed by atoms with van der Waals surface area (Å²) in [6.07, 6.45) is 3.01. The second kappa shape index (κ2) is 3.31. The lowest BCUT2D eigenvalue weighted by atomic mass is 10.0. The second-order valence-corrected chi connectivity index (χ2v) is 4.07. The maximum atomic E-state index is 4.53. The van der Waals surface area contributed by atoms with Crippen molar-refractivity contribution >= 4 is 5.65 Å². The van der Waals surface area contributed by atoms with E-state index in [4.69, 9.17) is 0 Å². The third-order valence-electron chi connectivity index (χ3n) is 3.06. The standard InChI is InChI=1S/C11H14N4/c1-8-11(9-4-6-12-7-9)15-10(14-8)3-2-5-13-15/h2-3,5,9,12H,4,6-7H2,1H3. The predicted molar refractivity (Wildman–Crippen MR) is 58.0 cm³/mol. The van der Waals surface area contributed by atoms with Crippen molar-refractivity contribution in [2.45, 2.75) is 19.3 Å². The molecule has 0 aromatic carbocycles. The molecule has 3 heterocycles. The fourth-order valence-electron chi connectivity index (χ4n) is 2.37. The van der Waals surface area contributed by atoms with Crippen LogP contribution in [0.5, 0.6) is 0 Å². The van der Waals surface area contributed by atoms with Crippen molar-refractivity contribution < 1.29 is 0 Å². The van der Waals surface area contributed by atoms with E-state index in [1.54, 1.807) is 0 Å². The van der Waals surface area contributed by atoms with Crippen LogP contribution in [0.25, 0.3) is 5.65 Å². The summed E-state index contributed by atoms with van der Waals surface area (Å²) in [5.41, 5.74) is 3.34. The van der Waals surface area contributed by atoms with E-state index in [1.165, 1.54) is 12.1 Å². The molecule has 2 aromatic rings. The minimum absolute atomic E-state index is 0.565. The van der Waals surface area contributed by atoms with Gasteiger partial charge < -0.3 is 5.32 Å². The van der Waals surface area contributed by atoms with E-state index in [-0.39, 0.29) is 0 Å². The quantitative estimate of drug-likeness (QED) is 0.753. The fraction of sp³-hybridized carbons (Fsp3) is 0.455. The van der Waals surface area contributed by atoms with Crippen LogP contribution in [0.3, 0.4) is 0 Å². The van der Waals surface area contributed by atoms with E-state index in [9.17, 15) is 0 Å². The molecule has 0 aliphatic carbocycles. The summed E-state index contributed by atoms with van der Waals surface area (Å²) in [4.78, 5) is 4.53. The lowest BCUT2D eigenvalue weighted by Crippen LogP contribution is -2.10. The summed E-state index contributed by atoms with van der Waals surface area (Å²) in [6.45, 7) is 4.22. The van der Waals surface area contributed by atoms with Gasteiger partial charge in [-0.25, -0.2) is 9.50 Å². The van der Waals surface area contributed by atoms with Gasteiger partial charge in [0.2, 0.25) is 0 Å².